The first-order chi connectivity index (χ1) is 14.3. The second-order valence-electron chi connectivity index (χ2n) is 7.87. The minimum Gasteiger partial charge on any atom is -0.370 e. The van der Waals surface area contributed by atoms with Crippen LogP contribution in [0.15, 0.2) is 64.9 Å². The molecule has 1 aliphatic carbocycles. The van der Waals surface area contributed by atoms with Crippen molar-refractivity contribution in [2.75, 3.05) is 33.4 Å². The van der Waals surface area contributed by atoms with Crippen molar-refractivity contribution in [2.45, 2.75) is 23.2 Å². The number of carbonyl (C=O) groups is 1. The first kappa shape index (κ1) is 21.0. The fourth-order valence-electron chi connectivity index (χ4n) is 4.44. The van der Waals surface area contributed by atoms with Gasteiger partial charge in [0.25, 0.3) is 0 Å². The van der Waals surface area contributed by atoms with Crippen LogP contribution in [0.2, 0.25) is 0 Å². The van der Waals surface area contributed by atoms with Crippen molar-refractivity contribution in [3.63, 3.8) is 0 Å². The zero-order valence-electron chi connectivity index (χ0n) is 16.9. The summed E-state index contributed by atoms with van der Waals surface area (Å²) < 4.78 is 5.30. The Balaban J connectivity index is 1.84. The second-order valence-corrected chi connectivity index (χ2v) is 8.91. The Morgan fingerprint density at radius 3 is 2.73 bits per heavy atom. The number of ether oxygens (including phenoxy) is 1. The maximum atomic E-state index is 12.5. The number of carbonyl (C=O) groups excluding carboxylic acids is 1. The molecule has 0 bridgehead atoms. The summed E-state index contributed by atoms with van der Waals surface area (Å²) in [7, 11) is 1.91. The van der Waals surface area contributed by atoms with E-state index >= 15 is 0 Å². The lowest BCUT2D eigenvalue weighted by atomic mass is 9.83. The summed E-state index contributed by atoms with van der Waals surface area (Å²) in [5, 5.41) is 9.54. The van der Waals surface area contributed by atoms with E-state index in [1.165, 1.54) is 0 Å². The summed E-state index contributed by atoms with van der Waals surface area (Å²) in [6.07, 6.45) is 3.54. The van der Waals surface area contributed by atoms with Gasteiger partial charge in [0.15, 0.2) is 4.87 Å². The van der Waals surface area contributed by atoms with Gasteiger partial charge in [-0.2, -0.15) is 5.26 Å². The van der Waals surface area contributed by atoms with Crippen LogP contribution in [-0.4, -0.2) is 59.4 Å². The summed E-state index contributed by atoms with van der Waals surface area (Å²) in [6, 6.07) is 12.3. The van der Waals surface area contributed by atoms with Crippen molar-refractivity contribution in [2.24, 2.45) is 0 Å². The number of morpholine rings is 1. The molecule has 1 aromatic carbocycles. The maximum Gasteiger partial charge on any atom is 0.248 e. The van der Waals surface area contributed by atoms with Crippen LogP contribution in [0.1, 0.15) is 18.4 Å². The summed E-state index contributed by atoms with van der Waals surface area (Å²) in [6.45, 7) is 3.68. The zero-order valence-corrected chi connectivity index (χ0v) is 18.5. The van der Waals surface area contributed by atoms with E-state index in [4.69, 9.17) is 27.9 Å². The number of fused-ring (bicyclic) bond motifs is 1. The molecule has 0 N–H and O–H groups in total. The first-order valence-corrected chi connectivity index (χ1v) is 10.7. The highest BCUT2D eigenvalue weighted by Crippen LogP contribution is 2.48. The molecule has 7 heteroatoms. The van der Waals surface area contributed by atoms with Gasteiger partial charge in [0.2, 0.25) is 5.91 Å². The number of hydrogen-bond donors (Lipinski definition) is 0. The lowest BCUT2D eigenvalue weighted by molar-refractivity contribution is -0.142. The topological polar surface area (TPSA) is 56.6 Å². The van der Waals surface area contributed by atoms with Gasteiger partial charge in [-0.1, -0.05) is 53.5 Å². The molecule has 0 radical (unpaired) electrons. The molecule has 1 amide bonds. The molecule has 5 nitrogen and oxygen atoms in total. The average molecular weight is 444 g/mol. The molecule has 3 aliphatic rings. The predicted octanol–water partition coefficient (Wildman–Crippen LogP) is 3.78. The molecular formula is C23H23Cl2N3O2. The number of hydrogen-bond acceptors (Lipinski definition) is 4. The number of allylic oxidation sites excluding steroid dienone is 3. The summed E-state index contributed by atoms with van der Waals surface area (Å²) in [5.41, 5.74) is 4.50. The van der Waals surface area contributed by atoms with Crippen LogP contribution in [0.5, 0.6) is 0 Å². The number of nitrogens with zero attached hydrogens (tertiary/aromatic N) is 3. The summed E-state index contributed by atoms with van der Waals surface area (Å²) >= 11 is 13.4. The van der Waals surface area contributed by atoms with Crippen LogP contribution < -0.4 is 0 Å². The molecule has 0 aromatic heterocycles. The van der Waals surface area contributed by atoms with E-state index in [1.54, 1.807) is 12.2 Å². The number of halogens is 2. The number of alkyl halides is 2. The van der Waals surface area contributed by atoms with Crippen molar-refractivity contribution >= 4 is 29.1 Å². The molecule has 3 atom stereocenters. The van der Waals surface area contributed by atoms with Gasteiger partial charge in [0, 0.05) is 37.3 Å². The molecule has 0 spiro atoms. The van der Waals surface area contributed by atoms with E-state index in [1.807, 2.05) is 42.0 Å². The number of amides is 1. The third-order valence-electron chi connectivity index (χ3n) is 5.92. The van der Waals surface area contributed by atoms with Gasteiger partial charge in [-0.15, -0.1) is 0 Å². The summed E-state index contributed by atoms with van der Waals surface area (Å²) in [5.74, 6) is -0.103. The zero-order chi connectivity index (χ0) is 21.5. The number of nitriles is 1. The third-order valence-corrected chi connectivity index (χ3v) is 6.76. The van der Waals surface area contributed by atoms with Gasteiger partial charge >= 0.3 is 0 Å². The van der Waals surface area contributed by atoms with Crippen LogP contribution >= 0.6 is 23.2 Å². The van der Waals surface area contributed by atoms with E-state index in [0.717, 1.165) is 28.0 Å². The van der Waals surface area contributed by atoms with Crippen molar-refractivity contribution in [3.05, 3.63) is 70.5 Å². The molecule has 1 saturated heterocycles. The van der Waals surface area contributed by atoms with E-state index in [2.05, 4.69) is 18.2 Å². The number of likely N-dealkylation sites (N-methyl/N-ethyl adjacent to an activating group) is 1. The van der Waals surface area contributed by atoms with E-state index in [9.17, 15) is 10.1 Å². The maximum absolute atomic E-state index is 12.5. The van der Waals surface area contributed by atoms with Gasteiger partial charge in [0.05, 0.1) is 12.7 Å². The van der Waals surface area contributed by atoms with Crippen LogP contribution in [-0.2, 0) is 9.53 Å². The Hall–Kier alpha value is -2.26. The molecule has 1 aromatic rings. The molecule has 30 heavy (non-hydrogen) atoms. The first-order valence-electron chi connectivity index (χ1n) is 9.89. The van der Waals surface area contributed by atoms with Crippen molar-refractivity contribution < 1.29 is 9.53 Å². The van der Waals surface area contributed by atoms with Gasteiger partial charge in [-0.3, -0.25) is 4.79 Å². The minimum absolute atomic E-state index is 0.0128. The molecule has 0 saturated carbocycles. The standard InChI is InChI=1S/C23H23Cl2N3O2/c1-15-10-23(25,14-26)11-18-20(15)21(22(24)27(18)2)17(16-6-4-3-5-7-16)12-28-8-9-30-13-19(28)29/h3-7,10-11,17,22H,8-9,12-13H2,1-2H3. The number of benzene rings is 1. The monoisotopic (exact) mass is 443 g/mol. The third kappa shape index (κ3) is 3.65. The Morgan fingerprint density at radius 2 is 2.07 bits per heavy atom. The van der Waals surface area contributed by atoms with E-state index in [-0.39, 0.29) is 18.4 Å². The van der Waals surface area contributed by atoms with Crippen LogP contribution in [0, 0.1) is 11.3 Å². The van der Waals surface area contributed by atoms with Gasteiger partial charge < -0.3 is 14.5 Å². The van der Waals surface area contributed by atoms with E-state index in [0.29, 0.717) is 19.7 Å². The Labute approximate surface area is 186 Å². The SMILES string of the molecule is CC1=CC(Cl)(C#N)C=C2C1=C(C(CN1CCOCC1=O)c1ccccc1)C(Cl)N2C. The highest BCUT2D eigenvalue weighted by atomic mass is 35.5. The predicted molar refractivity (Wildman–Crippen MR) is 117 cm³/mol. The van der Waals surface area contributed by atoms with Gasteiger partial charge in [0.1, 0.15) is 12.1 Å². The molecule has 3 unspecified atom stereocenters. The molecule has 2 aliphatic heterocycles. The highest BCUT2D eigenvalue weighted by Gasteiger charge is 2.42. The fraction of sp³-hybridized carbons (Fsp3) is 0.391. The fourth-order valence-corrected chi connectivity index (χ4v) is 5.08. The number of rotatable bonds is 4. The normalized spacial score (nSPS) is 27.4. The Bertz CT molecular complexity index is 995. The van der Waals surface area contributed by atoms with E-state index < -0.39 is 10.4 Å². The Kier molecular flexibility index (Phi) is 5.67. The molecule has 2 heterocycles. The molecule has 1 fully saturated rings. The van der Waals surface area contributed by atoms with Gasteiger partial charge in [-0.05, 0) is 35.8 Å². The van der Waals surface area contributed by atoms with Crippen molar-refractivity contribution in [1.82, 2.24) is 9.80 Å². The Morgan fingerprint density at radius 1 is 1.33 bits per heavy atom. The van der Waals surface area contributed by atoms with Crippen LogP contribution in [0.25, 0.3) is 0 Å². The lowest BCUT2D eigenvalue weighted by Crippen LogP contribution is -2.44. The molecule has 156 valence electrons. The van der Waals surface area contributed by atoms with Crippen molar-refractivity contribution in [1.29, 1.82) is 5.26 Å². The van der Waals surface area contributed by atoms with Gasteiger partial charge in [-0.25, -0.2) is 0 Å². The second kappa shape index (κ2) is 8.11. The lowest BCUT2D eigenvalue weighted by Gasteiger charge is -2.33. The molecule has 4 rings (SSSR count). The highest BCUT2D eigenvalue weighted by molar-refractivity contribution is 6.29. The largest absolute Gasteiger partial charge is 0.370 e. The van der Waals surface area contributed by atoms with Crippen LogP contribution in [0.4, 0.5) is 0 Å². The quantitative estimate of drug-likeness (QED) is 0.524. The molecular weight excluding hydrogens is 421 g/mol. The summed E-state index contributed by atoms with van der Waals surface area (Å²) in [4.78, 5) is 15.1. The van der Waals surface area contributed by atoms with Crippen molar-refractivity contribution in [3.8, 4) is 6.07 Å². The average Bonchev–Trinajstić information content (AvgIpc) is 2.99. The van der Waals surface area contributed by atoms with Crippen LogP contribution in [0.3, 0.4) is 0 Å². The minimum atomic E-state index is -1.19. The smallest absolute Gasteiger partial charge is 0.248 e.